The molecule has 0 aliphatic carbocycles. The van der Waals surface area contributed by atoms with Gasteiger partial charge in [0, 0.05) is 11.1 Å². The predicted octanol–water partition coefficient (Wildman–Crippen LogP) is 3.32. The Bertz CT molecular complexity index is 560. The van der Waals surface area contributed by atoms with Crippen LogP contribution in [0, 0.1) is 20.8 Å². The molecular weight excluding hydrogens is 232 g/mol. The van der Waals surface area contributed by atoms with Crippen molar-refractivity contribution in [2.75, 3.05) is 5.32 Å². The van der Waals surface area contributed by atoms with Crippen LogP contribution >= 0.6 is 11.5 Å². The Balaban J connectivity index is 2.19. The number of rotatable bonds is 2. The van der Waals surface area contributed by atoms with Crippen molar-refractivity contribution in [3.63, 3.8) is 0 Å². The minimum Gasteiger partial charge on any atom is -0.322 e. The lowest BCUT2D eigenvalue weighted by Gasteiger charge is -2.07. The maximum atomic E-state index is 11.9. The van der Waals surface area contributed by atoms with E-state index in [4.69, 9.17) is 0 Å². The van der Waals surface area contributed by atoms with Gasteiger partial charge in [0.1, 0.15) is 0 Å². The first-order chi connectivity index (χ1) is 8.08. The Morgan fingerprint density at radius 3 is 2.59 bits per heavy atom. The van der Waals surface area contributed by atoms with E-state index in [1.807, 2.05) is 39.0 Å². The second-order valence-electron chi connectivity index (χ2n) is 4.07. The quantitative estimate of drug-likeness (QED) is 0.883. The third-order valence-electron chi connectivity index (χ3n) is 2.76. The summed E-state index contributed by atoms with van der Waals surface area (Å²) in [5, 5.41) is 4.65. The van der Waals surface area contributed by atoms with E-state index < -0.39 is 0 Å². The van der Waals surface area contributed by atoms with Gasteiger partial charge in [-0.15, -0.1) is 0 Å². The number of nitrogens with zero attached hydrogens (tertiary/aromatic N) is 1. The molecule has 0 aliphatic heterocycles. The third kappa shape index (κ3) is 2.53. The van der Waals surface area contributed by atoms with Gasteiger partial charge < -0.3 is 5.32 Å². The van der Waals surface area contributed by atoms with Crippen LogP contribution in [0.5, 0.6) is 0 Å². The smallest absolute Gasteiger partial charge is 0.258 e. The van der Waals surface area contributed by atoms with Crippen LogP contribution < -0.4 is 5.32 Å². The van der Waals surface area contributed by atoms with Gasteiger partial charge in [-0.2, -0.15) is 4.37 Å². The number of anilines is 1. The van der Waals surface area contributed by atoms with E-state index in [9.17, 15) is 4.79 Å². The molecule has 88 valence electrons. The molecule has 1 aromatic carbocycles. The number of aryl methyl sites for hydroxylation is 3. The minimum absolute atomic E-state index is 0.0977. The zero-order chi connectivity index (χ0) is 12.4. The predicted molar refractivity (Wildman–Crippen MR) is 70.7 cm³/mol. The Labute approximate surface area is 105 Å². The molecule has 4 heteroatoms. The molecule has 0 spiro atoms. The molecule has 1 amide bonds. The molecule has 0 aliphatic rings. The molecule has 2 rings (SSSR count). The first-order valence-electron chi connectivity index (χ1n) is 5.37. The van der Waals surface area contributed by atoms with Crippen LogP contribution in [0.3, 0.4) is 0 Å². The summed E-state index contributed by atoms with van der Waals surface area (Å²) in [5.41, 5.74) is 4.63. The van der Waals surface area contributed by atoms with Crippen molar-refractivity contribution >= 4 is 23.1 Å². The molecule has 3 nitrogen and oxygen atoms in total. The maximum Gasteiger partial charge on any atom is 0.258 e. The molecule has 17 heavy (non-hydrogen) atoms. The van der Waals surface area contributed by atoms with Gasteiger partial charge in [0.2, 0.25) is 0 Å². The highest BCUT2D eigenvalue weighted by Gasteiger charge is 2.11. The molecule has 2 aromatic rings. The normalized spacial score (nSPS) is 10.3. The lowest BCUT2D eigenvalue weighted by atomic mass is 10.1. The van der Waals surface area contributed by atoms with Crippen molar-refractivity contribution in [1.82, 2.24) is 4.37 Å². The van der Waals surface area contributed by atoms with Gasteiger partial charge in [-0.3, -0.25) is 4.79 Å². The number of carbonyl (C=O) groups is 1. The van der Waals surface area contributed by atoms with Crippen LogP contribution in [0.1, 0.15) is 27.2 Å². The van der Waals surface area contributed by atoms with E-state index in [-0.39, 0.29) is 5.91 Å². The molecule has 0 unspecified atom stereocenters. The van der Waals surface area contributed by atoms with E-state index in [0.29, 0.717) is 5.56 Å². The van der Waals surface area contributed by atoms with Gasteiger partial charge in [0.15, 0.2) is 0 Å². The van der Waals surface area contributed by atoms with Crippen molar-refractivity contribution in [3.05, 3.63) is 46.0 Å². The summed E-state index contributed by atoms with van der Waals surface area (Å²) < 4.78 is 4.09. The maximum absolute atomic E-state index is 11.9. The molecule has 1 heterocycles. The second kappa shape index (κ2) is 4.67. The number of hydrogen-bond donors (Lipinski definition) is 1. The summed E-state index contributed by atoms with van der Waals surface area (Å²) >= 11 is 1.30. The second-order valence-corrected chi connectivity index (χ2v) is 4.70. The standard InChI is InChI=1S/C13H14N2OS/c1-8-4-5-11(6-9(8)2)14-13(16)12-7-17-15-10(12)3/h4-7H,1-3H3,(H,14,16). The lowest BCUT2D eigenvalue weighted by Crippen LogP contribution is -2.12. The van der Waals surface area contributed by atoms with Gasteiger partial charge in [0.05, 0.1) is 11.3 Å². The molecule has 0 atom stereocenters. The fourth-order valence-corrected chi connectivity index (χ4v) is 2.22. The summed E-state index contributed by atoms with van der Waals surface area (Å²) in [4.78, 5) is 11.9. The first kappa shape index (κ1) is 11.8. The number of hydrogen-bond acceptors (Lipinski definition) is 3. The van der Waals surface area contributed by atoms with Crippen molar-refractivity contribution in [1.29, 1.82) is 0 Å². The van der Waals surface area contributed by atoms with Gasteiger partial charge in [-0.05, 0) is 55.6 Å². The third-order valence-corrected chi connectivity index (χ3v) is 3.48. The van der Waals surface area contributed by atoms with E-state index in [1.165, 1.54) is 22.7 Å². The number of aromatic nitrogens is 1. The zero-order valence-electron chi connectivity index (χ0n) is 10.1. The number of benzene rings is 1. The van der Waals surface area contributed by atoms with Gasteiger partial charge in [-0.1, -0.05) is 6.07 Å². The topological polar surface area (TPSA) is 42.0 Å². The van der Waals surface area contributed by atoms with Crippen LogP contribution in [0.4, 0.5) is 5.69 Å². The molecule has 1 N–H and O–H groups in total. The number of carbonyl (C=O) groups excluding carboxylic acids is 1. The van der Waals surface area contributed by atoms with E-state index in [2.05, 4.69) is 9.69 Å². The number of amides is 1. The highest BCUT2D eigenvalue weighted by atomic mass is 32.1. The highest BCUT2D eigenvalue weighted by molar-refractivity contribution is 7.04. The Hall–Kier alpha value is -1.68. The Morgan fingerprint density at radius 1 is 1.24 bits per heavy atom. The van der Waals surface area contributed by atoms with Crippen molar-refractivity contribution in [3.8, 4) is 0 Å². The van der Waals surface area contributed by atoms with Crippen LogP contribution in [0.15, 0.2) is 23.6 Å². The lowest BCUT2D eigenvalue weighted by molar-refractivity contribution is 0.102. The van der Waals surface area contributed by atoms with E-state index >= 15 is 0 Å². The Kier molecular flexibility index (Phi) is 3.24. The molecular formula is C13H14N2OS. The van der Waals surface area contributed by atoms with Crippen LogP contribution in [-0.4, -0.2) is 10.3 Å². The molecule has 0 saturated heterocycles. The average Bonchev–Trinajstić information content (AvgIpc) is 2.70. The monoisotopic (exact) mass is 246 g/mol. The van der Waals surface area contributed by atoms with Gasteiger partial charge in [0.25, 0.3) is 5.91 Å². The fourth-order valence-electron chi connectivity index (χ4n) is 1.53. The summed E-state index contributed by atoms with van der Waals surface area (Å²) in [7, 11) is 0. The molecule has 0 radical (unpaired) electrons. The molecule has 1 aromatic heterocycles. The molecule has 0 fully saturated rings. The first-order valence-corrected chi connectivity index (χ1v) is 6.21. The van der Waals surface area contributed by atoms with Crippen LogP contribution in [0.25, 0.3) is 0 Å². The van der Waals surface area contributed by atoms with E-state index in [1.54, 1.807) is 5.38 Å². The van der Waals surface area contributed by atoms with Crippen molar-refractivity contribution in [2.45, 2.75) is 20.8 Å². The van der Waals surface area contributed by atoms with Crippen molar-refractivity contribution < 1.29 is 4.79 Å². The highest BCUT2D eigenvalue weighted by Crippen LogP contribution is 2.16. The minimum atomic E-state index is -0.0977. The largest absolute Gasteiger partial charge is 0.322 e. The fraction of sp³-hybridized carbons (Fsp3) is 0.231. The molecule has 0 bridgehead atoms. The summed E-state index contributed by atoms with van der Waals surface area (Å²) in [6.07, 6.45) is 0. The van der Waals surface area contributed by atoms with Crippen LogP contribution in [0.2, 0.25) is 0 Å². The van der Waals surface area contributed by atoms with Crippen LogP contribution in [-0.2, 0) is 0 Å². The summed E-state index contributed by atoms with van der Waals surface area (Å²) in [6, 6.07) is 5.89. The summed E-state index contributed by atoms with van der Waals surface area (Å²) in [6.45, 7) is 5.92. The Morgan fingerprint density at radius 2 is 2.00 bits per heavy atom. The summed E-state index contributed by atoms with van der Waals surface area (Å²) in [5.74, 6) is -0.0977. The zero-order valence-corrected chi connectivity index (χ0v) is 10.9. The van der Waals surface area contributed by atoms with Gasteiger partial charge in [-0.25, -0.2) is 0 Å². The van der Waals surface area contributed by atoms with Crippen molar-refractivity contribution in [2.24, 2.45) is 0 Å². The van der Waals surface area contributed by atoms with E-state index in [0.717, 1.165) is 11.4 Å². The number of nitrogens with one attached hydrogen (secondary N) is 1. The van der Waals surface area contributed by atoms with Gasteiger partial charge >= 0.3 is 0 Å². The SMILES string of the molecule is Cc1ccc(NC(=O)c2csnc2C)cc1C. The average molecular weight is 246 g/mol. The molecule has 0 saturated carbocycles.